The molecule has 0 aliphatic carbocycles. The molecule has 7 nitrogen and oxygen atoms in total. The second-order valence-electron chi connectivity index (χ2n) is 6.32. The summed E-state index contributed by atoms with van der Waals surface area (Å²) in [6, 6.07) is 9.14. The summed E-state index contributed by atoms with van der Waals surface area (Å²) < 4.78 is 11.0. The molecule has 1 N–H and O–H groups in total. The first-order chi connectivity index (χ1) is 12.0. The van der Waals surface area contributed by atoms with Crippen LogP contribution in [0, 0.1) is 17.0 Å². The second kappa shape index (κ2) is 5.77. The van der Waals surface area contributed by atoms with Crippen LogP contribution in [0.25, 0.3) is 0 Å². The van der Waals surface area contributed by atoms with Crippen molar-refractivity contribution < 1.29 is 14.4 Å². The number of fused-ring (bicyclic) bond motifs is 2. The van der Waals surface area contributed by atoms with Crippen molar-refractivity contribution in [3.8, 4) is 11.5 Å². The predicted molar refractivity (Wildman–Crippen MR) is 92.3 cm³/mol. The fourth-order valence-electron chi connectivity index (χ4n) is 3.21. The number of hydrogen-bond acceptors (Lipinski definition) is 6. The first-order valence-electron chi connectivity index (χ1n) is 8.04. The largest absolute Gasteiger partial charge is 0.454 e. The highest BCUT2D eigenvalue weighted by Gasteiger charge is 2.24. The molecule has 4 rings (SSSR count). The minimum atomic E-state index is -0.375. The first kappa shape index (κ1) is 15.4. The molecule has 0 spiro atoms. The highest BCUT2D eigenvalue weighted by Crippen LogP contribution is 2.37. The van der Waals surface area contributed by atoms with Crippen molar-refractivity contribution in [1.29, 1.82) is 0 Å². The van der Waals surface area contributed by atoms with E-state index in [1.54, 1.807) is 19.1 Å². The van der Waals surface area contributed by atoms with Crippen LogP contribution in [-0.2, 0) is 6.42 Å². The lowest BCUT2D eigenvalue weighted by molar-refractivity contribution is -0.385. The van der Waals surface area contributed by atoms with Gasteiger partial charge in [0.15, 0.2) is 11.5 Å². The summed E-state index contributed by atoms with van der Waals surface area (Å²) in [7, 11) is 0. The molecule has 0 saturated carbocycles. The topological polar surface area (TPSA) is 86.0 Å². The van der Waals surface area contributed by atoms with Gasteiger partial charge in [-0.05, 0) is 50.1 Å². The van der Waals surface area contributed by atoms with Gasteiger partial charge < -0.3 is 14.9 Å². The normalized spacial score (nSPS) is 18.0. The van der Waals surface area contributed by atoms with Crippen LogP contribution in [0.5, 0.6) is 11.5 Å². The van der Waals surface area contributed by atoms with Crippen LogP contribution in [0.4, 0.5) is 5.69 Å². The molecule has 0 fully saturated rings. The summed E-state index contributed by atoms with van der Waals surface area (Å²) in [5, 5.41) is 15.6. The molecule has 0 amide bonds. The summed E-state index contributed by atoms with van der Waals surface area (Å²) in [5.41, 5.74) is 7.48. The van der Waals surface area contributed by atoms with Gasteiger partial charge in [-0.2, -0.15) is 5.10 Å². The Morgan fingerprint density at radius 1 is 1.24 bits per heavy atom. The molecule has 128 valence electrons. The van der Waals surface area contributed by atoms with Crippen molar-refractivity contribution in [2.45, 2.75) is 26.3 Å². The van der Waals surface area contributed by atoms with Crippen LogP contribution >= 0.6 is 0 Å². The van der Waals surface area contributed by atoms with Crippen molar-refractivity contribution in [3.63, 3.8) is 0 Å². The Labute approximate surface area is 144 Å². The maximum Gasteiger partial charge on any atom is 0.272 e. The van der Waals surface area contributed by atoms with Crippen LogP contribution < -0.4 is 14.9 Å². The highest BCUT2D eigenvalue weighted by atomic mass is 16.7. The fraction of sp³-hybridized carbons (Fsp3) is 0.278. The van der Waals surface area contributed by atoms with Crippen LogP contribution in [0.15, 0.2) is 35.4 Å². The number of ether oxygens (including phenoxy) is 2. The Balaban J connectivity index is 1.85. The van der Waals surface area contributed by atoms with E-state index in [1.165, 1.54) is 6.07 Å². The van der Waals surface area contributed by atoms with Crippen molar-refractivity contribution in [1.82, 2.24) is 5.43 Å². The maximum absolute atomic E-state index is 11.1. The third kappa shape index (κ3) is 2.67. The van der Waals surface area contributed by atoms with Gasteiger partial charge in [0.05, 0.1) is 10.6 Å². The number of nitrogens with one attached hydrogen (secondary N) is 1. The summed E-state index contributed by atoms with van der Waals surface area (Å²) in [6.45, 7) is 4.01. The van der Waals surface area contributed by atoms with E-state index in [2.05, 4.69) is 17.5 Å². The van der Waals surface area contributed by atoms with Crippen molar-refractivity contribution >= 4 is 11.4 Å². The Hall–Kier alpha value is -3.09. The average molecular weight is 339 g/mol. The lowest BCUT2D eigenvalue weighted by Crippen LogP contribution is -2.22. The van der Waals surface area contributed by atoms with E-state index in [4.69, 9.17) is 9.47 Å². The average Bonchev–Trinajstić information content (AvgIpc) is 2.95. The Morgan fingerprint density at radius 2 is 2.00 bits per heavy atom. The summed E-state index contributed by atoms with van der Waals surface area (Å²) in [6.07, 6.45) is 0.797. The van der Waals surface area contributed by atoms with Gasteiger partial charge in [-0.3, -0.25) is 10.1 Å². The Morgan fingerprint density at radius 3 is 2.72 bits per heavy atom. The fourth-order valence-corrected chi connectivity index (χ4v) is 3.21. The van der Waals surface area contributed by atoms with E-state index in [1.807, 2.05) is 12.1 Å². The van der Waals surface area contributed by atoms with Gasteiger partial charge in [-0.1, -0.05) is 0 Å². The van der Waals surface area contributed by atoms with E-state index < -0.39 is 0 Å². The van der Waals surface area contributed by atoms with Crippen LogP contribution in [0.2, 0.25) is 0 Å². The molecule has 7 heteroatoms. The predicted octanol–water partition coefficient (Wildman–Crippen LogP) is 2.92. The molecule has 2 heterocycles. The number of hydrazone groups is 1. The van der Waals surface area contributed by atoms with Crippen molar-refractivity contribution in [2.24, 2.45) is 5.10 Å². The van der Waals surface area contributed by atoms with Crippen molar-refractivity contribution in [2.75, 3.05) is 6.79 Å². The first-order valence-corrected chi connectivity index (χ1v) is 8.04. The molecule has 2 aromatic carbocycles. The number of nitro groups is 1. The highest BCUT2D eigenvalue weighted by molar-refractivity contribution is 6.14. The standard InChI is InChI=1S/C18H17N3O4/c1-10-5-12(3-4-15(10)21(22)23)18-14-8-17-16(24-9-25-17)7-13(14)6-11(2)19-20-18/h3-5,7-8,11,19H,6,9H2,1-2H3. The second-order valence-corrected chi connectivity index (χ2v) is 6.32. The molecule has 0 radical (unpaired) electrons. The van der Waals surface area contributed by atoms with E-state index >= 15 is 0 Å². The van der Waals surface area contributed by atoms with E-state index in [0.29, 0.717) is 11.3 Å². The van der Waals surface area contributed by atoms with Gasteiger partial charge in [-0.25, -0.2) is 0 Å². The number of nitro benzene ring substituents is 1. The summed E-state index contributed by atoms with van der Waals surface area (Å²) in [5.74, 6) is 1.44. The maximum atomic E-state index is 11.1. The summed E-state index contributed by atoms with van der Waals surface area (Å²) >= 11 is 0. The number of nitrogens with zero attached hydrogens (tertiary/aromatic N) is 2. The van der Waals surface area contributed by atoms with E-state index in [0.717, 1.165) is 34.6 Å². The number of benzene rings is 2. The SMILES string of the molecule is Cc1cc(C2=NNC(C)Cc3cc4c(cc32)OCO4)ccc1[N+](=O)[O-]. The van der Waals surface area contributed by atoms with Crippen LogP contribution in [0.1, 0.15) is 29.2 Å². The Kier molecular flexibility index (Phi) is 3.56. The smallest absolute Gasteiger partial charge is 0.272 e. The van der Waals surface area contributed by atoms with Crippen LogP contribution in [0.3, 0.4) is 0 Å². The Bertz CT molecular complexity index is 907. The minimum Gasteiger partial charge on any atom is -0.454 e. The van der Waals surface area contributed by atoms with E-state index in [-0.39, 0.29) is 23.4 Å². The quantitative estimate of drug-likeness (QED) is 0.671. The van der Waals surface area contributed by atoms with Crippen molar-refractivity contribution in [3.05, 3.63) is 62.7 Å². The molecule has 0 bridgehead atoms. The number of rotatable bonds is 2. The lowest BCUT2D eigenvalue weighted by Gasteiger charge is -2.11. The zero-order valence-electron chi connectivity index (χ0n) is 13.9. The third-order valence-electron chi connectivity index (χ3n) is 4.44. The molecule has 25 heavy (non-hydrogen) atoms. The van der Waals surface area contributed by atoms with E-state index in [9.17, 15) is 10.1 Å². The van der Waals surface area contributed by atoms with Gasteiger partial charge >= 0.3 is 0 Å². The molecule has 2 aliphatic heterocycles. The molecule has 2 aromatic rings. The summed E-state index contributed by atoms with van der Waals surface area (Å²) in [4.78, 5) is 10.7. The van der Waals surface area contributed by atoms with Gasteiger partial charge in [0.2, 0.25) is 6.79 Å². The third-order valence-corrected chi connectivity index (χ3v) is 4.44. The zero-order chi connectivity index (χ0) is 17.6. The van der Waals surface area contributed by atoms with Gasteiger partial charge in [-0.15, -0.1) is 0 Å². The molecular weight excluding hydrogens is 322 g/mol. The molecule has 0 saturated heterocycles. The number of hydrogen-bond donors (Lipinski definition) is 1. The zero-order valence-corrected chi connectivity index (χ0v) is 13.9. The minimum absolute atomic E-state index is 0.102. The van der Waals surface area contributed by atoms with Gasteiger partial charge in [0.1, 0.15) is 0 Å². The molecule has 0 aromatic heterocycles. The monoisotopic (exact) mass is 339 g/mol. The van der Waals surface area contributed by atoms with Gasteiger partial charge in [0, 0.05) is 28.8 Å². The van der Waals surface area contributed by atoms with Gasteiger partial charge in [0.25, 0.3) is 5.69 Å². The molecule has 1 atom stereocenters. The molecular formula is C18H17N3O4. The lowest BCUT2D eigenvalue weighted by atomic mass is 9.93. The molecule has 1 unspecified atom stereocenters. The van der Waals surface area contributed by atoms with Crippen LogP contribution in [-0.4, -0.2) is 23.5 Å². The number of aryl methyl sites for hydroxylation is 1. The molecule has 2 aliphatic rings.